The number of hydrogen-bond acceptors (Lipinski definition) is 5. The minimum atomic E-state index is -1.01. The van der Waals surface area contributed by atoms with Gasteiger partial charge in [-0.3, -0.25) is 0 Å². The molecule has 0 bridgehead atoms. The summed E-state index contributed by atoms with van der Waals surface area (Å²) in [6.45, 7) is 1.51. The van der Waals surface area contributed by atoms with E-state index in [0.29, 0.717) is 5.95 Å². The molecule has 1 aromatic heterocycles. The van der Waals surface area contributed by atoms with E-state index in [1.54, 1.807) is 7.11 Å². The molecule has 2 heterocycles. The predicted molar refractivity (Wildman–Crippen MR) is 52.0 cm³/mol. The smallest absolute Gasteiger partial charge is 0.338 e. The zero-order valence-electron chi connectivity index (χ0n) is 8.25. The fourth-order valence-electron chi connectivity index (χ4n) is 1.35. The average molecular weight is 209 g/mol. The summed E-state index contributed by atoms with van der Waals surface area (Å²) >= 11 is 0. The maximum atomic E-state index is 10.6. The molecule has 1 aromatic rings. The van der Waals surface area contributed by atoms with E-state index in [9.17, 15) is 4.79 Å². The fourth-order valence-corrected chi connectivity index (χ4v) is 1.35. The van der Waals surface area contributed by atoms with Crippen molar-refractivity contribution in [3.05, 3.63) is 18.0 Å². The molecule has 80 valence electrons. The van der Waals surface area contributed by atoms with E-state index in [4.69, 9.17) is 9.84 Å². The van der Waals surface area contributed by atoms with Crippen molar-refractivity contribution in [3.8, 4) is 0 Å². The molecule has 1 fully saturated rings. The fraction of sp³-hybridized carbons (Fsp3) is 0.444. The summed E-state index contributed by atoms with van der Waals surface area (Å²) in [5, 5.41) is 8.65. The van der Waals surface area contributed by atoms with Crippen LogP contribution in [-0.2, 0) is 4.74 Å². The first-order chi connectivity index (χ1) is 7.20. The molecule has 1 aliphatic heterocycles. The van der Waals surface area contributed by atoms with E-state index >= 15 is 0 Å². The van der Waals surface area contributed by atoms with Crippen LogP contribution in [0.1, 0.15) is 10.4 Å². The number of anilines is 1. The number of carboxylic acid groups (broad SMARTS) is 1. The number of aromatic carboxylic acids is 1. The predicted octanol–water partition coefficient (Wildman–Crippen LogP) is 0.00980. The van der Waals surface area contributed by atoms with Crippen molar-refractivity contribution < 1.29 is 14.6 Å². The van der Waals surface area contributed by atoms with Crippen molar-refractivity contribution in [2.75, 3.05) is 25.1 Å². The molecule has 2 rings (SSSR count). The van der Waals surface area contributed by atoms with Gasteiger partial charge in [0.15, 0.2) is 0 Å². The van der Waals surface area contributed by atoms with E-state index in [1.807, 2.05) is 4.90 Å². The lowest BCUT2D eigenvalue weighted by atomic mass is 10.2. The Bertz CT molecular complexity index is 359. The number of carboxylic acids is 1. The molecule has 0 spiro atoms. The molecular formula is C9H11N3O3. The first kappa shape index (κ1) is 9.85. The van der Waals surface area contributed by atoms with Gasteiger partial charge in [-0.25, -0.2) is 14.8 Å². The zero-order valence-corrected chi connectivity index (χ0v) is 8.25. The first-order valence-corrected chi connectivity index (χ1v) is 4.54. The Morgan fingerprint density at radius 1 is 1.53 bits per heavy atom. The highest BCUT2D eigenvalue weighted by molar-refractivity contribution is 5.86. The van der Waals surface area contributed by atoms with Gasteiger partial charge in [0.2, 0.25) is 5.95 Å². The first-order valence-electron chi connectivity index (χ1n) is 4.54. The van der Waals surface area contributed by atoms with Gasteiger partial charge in [0.05, 0.1) is 11.7 Å². The summed E-state index contributed by atoms with van der Waals surface area (Å²) in [6, 6.07) is 0. The molecule has 0 aliphatic carbocycles. The Hall–Kier alpha value is -1.69. The Morgan fingerprint density at radius 2 is 2.13 bits per heavy atom. The number of ether oxygens (including phenoxy) is 1. The summed E-state index contributed by atoms with van der Waals surface area (Å²) in [5.74, 6) is -0.465. The lowest BCUT2D eigenvalue weighted by Crippen LogP contribution is -2.52. The van der Waals surface area contributed by atoms with Gasteiger partial charge in [0, 0.05) is 32.6 Å². The van der Waals surface area contributed by atoms with Crippen LogP contribution in [0.15, 0.2) is 12.4 Å². The van der Waals surface area contributed by atoms with Gasteiger partial charge < -0.3 is 14.7 Å². The normalized spacial score (nSPS) is 16.2. The van der Waals surface area contributed by atoms with Crippen LogP contribution in [0.3, 0.4) is 0 Å². The molecule has 0 radical (unpaired) electrons. The Morgan fingerprint density at radius 3 is 2.60 bits per heavy atom. The van der Waals surface area contributed by atoms with E-state index < -0.39 is 5.97 Å². The maximum absolute atomic E-state index is 10.6. The molecule has 15 heavy (non-hydrogen) atoms. The molecule has 0 unspecified atom stereocenters. The van der Waals surface area contributed by atoms with Gasteiger partial charge in [0.25, 0.3) is 0 Å². The maximum Gasteiger partial charge on any atom is 0.338 e. The lowest BCUT2D eigenvalue weighted by Gasteiger charge is -2.37. The molecule has 1 N–H and O–H groups in total. The largest absolute Gasteiger partial charge is 0.478 e. The van der Waals surface area contributed by atoms with Gasteiger partial charge in [-0.15, -0.1) is 0 Å². The van der Waals surface area contributed by atoms with Crippen molar-refractivity contribution in [1.29, 1.82) is 0 Å². The Balaban J connectivity index is 2.02. The number of hydrogen-bond donors (Lipinski definition) is 1. The van der Waals surface area contributed by atoms with E-state index in [2.05, 4.69) is 9.97 Å². The van der Waals surface area contributed by atoms with Gasteiger partial charge in [-0.2, -0.15) is 0 Å². The summed E-state index contributed by atoms with van der Waals surface area (Å²) in [7, 11) is 1.66. The van der Waals surface area contributed by atoms with Crippen molar-refractivity contribution in [1.82, 2.24) is 9.97 Å². The average Bonchev–Trinajstić information content (AvgIpc) is 2.17. The van der Waals surface area contributed by atoms with Gasteiger partial charge >= 0.3 is 5.97 Å². The van der Waals surface area contributed by atoms with Crippen molar-refractivity contribution in [2.24, 2.45) is 0 Å². The van der Waals surface area contributed by atoms with Crippen LogP contribution in [0.25, 0.3) is 0 Å². The molecule has 6 heteroatoms. The second-order valence-electron chi connectivity index (χ2n) is 3.34. The van der Waals surface area contributed by atoms with Crippen LogP contribution >= 0.6 is 0 Å². The highest BCUT2D eigenvalue weighted by atomic mass is 16.5. The minimum Gasteiger partial charge on any atom is -0.478 e. The molecular weight excluding hydrogens is 198 g/mol. The summed E-state index contributed by atoms with van der Waals surface area (Å²) < 4.78 is 5.11. The van der Waals surface area contributed by atoms with E-state index in [-0.39, 0.29) is 11.7 Å². The third-order valence-electron chi connectivity index (χ3n) is 2.35. The Kier molecular flexibility index (Phi) is 2.51. The lowest BCUT2D eigenvalue weighted by molar-refractivity contribution is 0.0694. The number of aromatic nitrogens is 2. The number of nitrogens with zero attached hydrogens (tertiary/aromatic N) is 3. The van der Waals surface area contributed by atoms with Crippen molar-refractivity contribution >= 4 is 11.9 Å². The van der Waals surface area contributed by atoms with E-state index in [0.717, 1.165) is 13.1 Å². The highest BCUT2D eigenvalue weighted by Crippen LogP contribution is 2.17. The van der Waals surface area contributed by atoms with Crippen LogP contribution in [0, 0.1) is 0 Å². The van der Waals surface area contributed by atoms with Gasteiger partial charge in [0.1, 0.15) is 0 Å². The van der Waals surface area contributed by atoms with Crippen LogP contribution in [0.5, 0.6) is 0 Å². The molecule has 6 nitrogen and oxygen atoms in total. The van der Waals surface area contributed by atoms with Crippen molar-refractivity contribution in [2.45, 2.75) is 6.10 Å². The topological polar surface area (TPSA) is 75.5 Å². The van der Waals surface area contributed by atoms with Crippen LogP contribution in [0.2, 0.25) is 0 Å². The molecule has 1 aliphatic rings. The second-order valence-corrected chi connectivity index (χ2v) is 3.34. The van der Waals surface area contributed by atoms with Gasteiger partial charge in [-0.1, -0.05) is 0 Å². The van der Waals surface area contributed by atoms with Gasteiger partial charge in [-0.05, 0) is 0 Å². The minimum absolute atomic E-state index is 0.0996. The second kappa shape index (κ2) is 3.82. The summed E-state index contributed by atoms with van der Waals surface area (Å²) in [4.78, 5) is 20.4. The SMILES string of the molecule is COC1CN(c2ncc(C(=O)O)cn2)C1. The van der Waals surface area contributed by atoms with Crippen LogP contribution in [-0.4, -0.2) is 47.3 Å². The standard InChI is InChI=1S/C9H11N3O3/c1-15-7-4-12(5-7)9-10-2-6(3-11-9)8(13)14/h2-3,7H,4-5H2,1H3,(H,13,14). The van der Waals surface area contributed by atoms with E-state index in [1.165, 1.54) is 12.4 Å². The summed E-state index contributed by atoms with van der Waals surface area (Å²) in [5.41, 5.74) is 0.0996. The Labute approximate surface area is 86.5 Å². The molecule has 0 amide bonds. The third-order valence-corrected chi connectivity index (χ3v) is 2.35. The van der Waals surface area contributed by atoms with Crippen LogP contribution < -0.4 is 4.90 Å². The molecule has 1 saturated heterocycles. The molecule has 0 aromatic carbocycles. The summed E-state index contributed by atoms with van der Waals surface area (Å²) in [6.07, 6.45) is 2.85. The highest BCUT2D eigenvalue weighted by Gasteiger charge is 2.28. The number of rotatable bonds is 3. The molecule has 0 saturated carbocycles. The third kappa shape index (κ3) is 1.89. The number of carbonyl (C=O) groups is 1. The zero-order chi connectivity index (χ0) is 10.8. The molecule has 0 atom stereocenters. The quantitative estimate of drug-likeness (QED) is 0.755. The van der Waals surface area contributed by atoms with Crippen LogP contribution in [0.4, 0.5) is 5.95 Å². The monoisotopic (exact) mass is 209 g/mol. The number of methoxy groups -OCH3 is 1. The van der Waals surface area contributed by atoms with Crippen molar-refractivity contribution in [3.63, 3.8) is 0 Å².